The van der Waals surface area contributed by atoms with Gasteiger partial charge in [0, 0.05) is 48.4 Å². The number of anilines is 2. The summed E-state index contributed by atoms with van der Waals surface area (Å²) in [4.78, 5) is 28.3. The summed E-state index contributed by atoms with van der Waals surface area (Å²) in [6, 6.07) is 6.17. The zero-order valence-electron chi connectivity index (χ0n) is 27.4. The van der Waals surface area contributed by atoms with Gasteiger partial charge in [0.05, 0.1) is 20.8 Å². The number of hydrogen-bond acceptors (Lipinski definition) is 9. The molecule has 8 rings (SSSR count). The van der Waals surface area contributed by atoms with Crippen LogP contribution < -0.4 is 15.4 Å². The van der Waals surface area contributed by atoms with Crippen LogP contribution in [0, 0.1) is 28.9 Å². The number of halogens is 5. The van der Waals surface area contributed by atoms with Crippen LogP contribution in [0.15, 0.2) is 18.2 Å². The number of carbonyl (C=O) groups is 1. The van der Waals surface area contributed by atoms with Crippen LogP contribution in [0.3, 0.4) is 0 Å². The molecule has 2 aromatic heterocycles. The first kappa shape index (κ1) is 33.2. The fourth-order valence-electron chi connectivity index (χ4n) is 8.25. The Balaban J connectivity index is 1.26. The Bertz CT molecular complexity index is 2120. The van der Waals surface area contributed by atoms with E-state index in [4.69, 9.17) is 27.1 Å². The Hall–Kier alpha value is -3.93. The normalized spacial score (nSPS) is 25.2. The number of nitriles is 1. The molecule has 3 aliphatic heterocycles. The molecule has 1 spiro atoms. The van der Waals surface area contributed by atoms with E-state index in [0.29, 0.717) is 50.1 Å². The van der Waals surface area contributed by atoms with Crippen molar-refractivity contribution >= 4 is 60.7 Å². The Kier molecular flexibility index (Phi) is 7.85. The number of fused-ring (bicyclic) bond motifs is 2. The lowest BCUT2D eigenvalue weighted by molar-refractivity contribution is -0.152. The van der Waals surface area contributed by atoms with E-state index in [1.807, 2.05) is 24.9 Å². The topological polar surface area (TPSA) is 112 Å². The number of thiophene rings is 1. The summed E-state index contributed by atoms with van der Waals surface area (Å²) in [5.74, 6) is -5.83. The molecule has 50 heavy (non-hydrogen) atoms. The van der Waals surface area contributed by atoms with Crippen LogP contribution in [0.4, 0.5) is 28.4 Å². The first-order chi connectivity index (χ1) is 23.8. The molecule has 1 unspecified atom stereocenters. The second kappa shape index (κ2) is 11.8. The number of likely N-dealkylation sites (N-methyl/N-ethyl adjacent to an activating group) is 1. The van der Waals surface area contributed by atoms with Gasteiger partial charge in [-0.25, -0.2) is 17.6 Å². The van der Waals surface area contributed by atoms with Crippen LogP contribution in [0.5, 0.6) is 6.01 Å². The number of nitrogens with zero attached hydrogens (tertiary/aromatic N) is 6. The summed E-state index contributed by atoms with van der Waals surface area (Å²) in [7, 11) is 2.02. The molecule has 2 N–H and O–H groups in total. The Morgan fingerprint density at radius 1 is 1.20 bits per heavy atom. The van der Waals surface area contributed by atoms with Crippen LogP contribution >= 0.6 is 22.9 Å². The van der Waals surface area contributed by atoms with Crippen molar-refractivity contribution in [3.8, 4) is 23.2 Å². The van der Waals surface area contributed by atoms with E-state index >= 15 is 4.39 Å². The first-order valence-electron chi connectivity index (χ1n) is 16.8. The molecule has 2 aromatic carbocycles. The van der Waals surface area contributed by atoms with Crippen molar-refractivity contribution in [3.63, 3.8) is 0 Å². The molecule has 4 aliphatic rings. The number of alkyl halides is 2. The molecule has 1 amide bonds. The van der Waals surface area contributed by atoms with Crippen molar-refractivity contribution in [2.75, 3.05) is 43.9 Å². The highest BCUT2D eigenvalue weighted by molar-refractivity contribution is 7.23. The van der Waals surface area contributed by atoms with E-state index in [0.717, 1.165) is 30.7 Å². The monoisotopic (exact) mass is 727 g/mol. The van der Waals surface area contributed by atoms with Crippen molar-refractivity contribution < 1.29 is 27.1 Å². The summed E-state index contributed by atoms with van der Waals surface area (Å²) in [6.07, 6.45) is 3.11. The number of amides is 1. The maximum atomic E-state index is 17.1. The molecule has 4 aromatic rings. The number of ether oxygens (including phenoxy) is 1. The van der Waals surface area contributed by atoms with Crippen LogP contribution in [-0.4, -0.2) is 82.5 Å². The molecular formula is C35H34ClF4N7O2S. The number of rotatable bonds is 6. The molecule has 5 heterocycles. The van der Waals surface area contributed by atoms with Gasteiger partial charge < -0.3 is 20.3 Å². The van der Waals surface area contributed by atoms with Gasteiger partial charge in [-0.2, -0.15) is 15.2 Å². The summed E-state index contributed by atoms with van der Waals surface area (Å²) in [6.45, 7) is 4.06. The van der Waals surface area contributed by atoms with Crippen LogP contribution in [0.1, 0.15) is 51.0 Å². The molecule has 4 atom stereocenters. The van der Waals surface area contributed by atoms with E-state index in [1.54, 1.807) is 11.0 Å². The SMILES string of the molecule is C[C@H](Oc1nc(N2CCC[C@@]3(CCN3C(=O)C3CC3(F)F)C2)c2cc(Cl)c(-c3ccc(F)c4sc(N)c(C#N)c34)c(F)c2n1)[C@@H]1CCCN1C. The standard InChI is InChI=1S/C35H34ClF4N7O2S/c1-17(24-5-3-10-45(24)2)49-33-43-28-19(13-22(36)26(27(28)38)18-6-7-23(37)29-25(18)20(15-41)30(42)50-29)31(44-33)46-11-4-8-34(16-46)9-12-47(34)32(48)21-14-35(21,39)40/h6-7,13,17,21,24H,3-5,8-12,14,16,42H2,1-2H3/t17-,21?,24-,34+/m0/s1. The molecular weight excluding hydrogens is 694 g/mol. The minimum absolute atomic E-state index is 0.0147. The average Bonchev–Trinajstić information content (AvgIpc) is 3.34. The number of aromatic nitrogens is 2. The van der Waals surface area contributed by atoms with Crippen LogP contribution in [-0.2, 0) is 4.79 Å². The summed E-state index contributed by atoms with van der Waals surface area (Å²) < 4.78 is 66.3. The van der Waals surface area contributed by atoms with Crippen LogP contribution in [0.2, 0.25) is 5.02 Å². The average molecular weight is 728 g/mol. The highest BCUT2D eigenvalue weighted by atomic mass is 35.5. The second-order valence-corrected chi connectivity index (χ2v) is 15.5. The van der Waals surface area contributed by atoms with Gasteiger partial charge in [-0.05, 0) is 70.3 Å². The summed E-state index contributed by atoms with van der Waals surface area (Å²) in [5.41, 5.74) is 5.47. The van der Waals surface area contributed by atoms with Crippen molar-refractivity contribution in [2.45, 2.75) is 69.1 Å². The molecule has 15 heteroatoms. The van der Waals surface area contributed by atoms with E-state index in [9.17, 15) is 23.2 Å². The third-order valence-electron chi connectivity index (χ3n) is 11.1. The summed E-state index contributed by atoms with van der Waals surface area (Å²) >= 11 is 7.77. The molecule has 9 nitrogen and oxygen atoms in total. The predicted octanol–water partition coefficient (Wildman–Crippen LogP) is 6.98. The van der Waals surface area contributed by atoms with Crippen molar-refractivity contribution in [2.24, 2.45) is 5.92 Å². The molecule has 0 radical (unpaired) electrons. The highest BCUT2D eigenvalue weighted by Gasteiger charge is 2.65. The third kappa shape index (κ3) is 5.14. The number of piperidine rings is 1. The van der Waals surface area contributed by atoms with Gasteiger partial charge in [0.25, 0.3) is 5.92 Å². The number of nitrogens with two attached hydrogens (primary N) is 1. The molecule has 0 bridgehead atoms. The molecule has 3 saturated heterocycles. The van der Waals surface area contributed by atoms with Gasteiger partial charge >= 0.3 is 6.01 Å². The minimum Gasteiger partial charge on any atom is -0.459 e. The van der Waals surface area contributed by atoms with Crippen molar-refractivity contribution in [3.05, 3.63) is 40.4 Å². The van der Waals surface area contributed by atoms with Gasteiger partial charge in [-0.1, -0.05) is 17.7 Å². The lowest BCUT2D eigenvalue weighted by Crippen LogP contribution is -2.69. The lowest BCUT2D eigenvalue weighted by Gasteiger charge is -2.57. The number of nitrogen functional groups attached to an aromatic ring is 1. The molecule has 262 valence electrons. The lowest BCUT2D eigenvalue weighted by atomic mass is 9.77. The molecule has 1 saturated carbocycles. The maximum Gasteiger partial charge on any atom is 0.319 e. The highest BCUT2D eigenvalue weighted by Crippen LogP contribution is 2.53. The van der Waals surface area contributed by atoms with Crippen molar-refractivity contribution in [1.29, 1.82) is 5.26 Å². The smallest absolute Gasteiger partial charge is 0.319 e. The van der Waals surface area contributed by atoms with E-state index in [-0.39, 0.29) is 60.5 Å². The Morgan fingerprint density at radius 2 is 1.98 bits per heavy atom. The van der Waals surface area contributed by atoms with Gasteiger partial charge in [0.1, 0.15) is 40.2 Å². The fourth-order valence-corrected chi connectivity index (χ4v) is 9.50. The van der Waals surface area contributed by atoms with Crippen LogP contribution in [0.25, 0.3) is 32.1 Å². The van der Waals surface area contributed by atoms with E-state index < -0.39 is 41.3 Å². The van der Waals surface area contributed by atoms with Crippen molar-refractivity contribution in [1.82, 2.24) is 19.8 Å². The quantitative estimate of drug-likeness (QED) is 0.212. The molecule has 4 fully saturated rings. The van der Waals surface area contributed by atoms with Gasteiger partial charge in [-0.3, -0.25) is 9.69 Å². The Labute approximate surface area is 294 Å². The minimum atomic E-state index is -2.97. The zero-order valence-corrected chi connectivity index (χ0v) is 29.0. The van der Waals surface area contributed by atoms with E-state index in [2.05, 4.69) is 9.88 Å². The molecule has 1 aliphatic carbocycles. The number of carbonyl (C=O) groups excluding carboxylic acids is 1. The second-order valence-electron chi connectivity index (χ2n) is 14.0. The summed E-state index contributed by atoms with van der Waals surface area (Å²) in [5, 5.41) is 10.4. The largest absolute Gasteiger partial charge is 0.459 e. The number of hydrogen-bond donors (Lipinski definition) is 1. The van der Waals surface area contributed by atoms with Gasteiger partial charge in [0.2, 0.25) is 5.91 Å². The van der Waals surface area contributed by atoms with E-state index in [1.165, 1.54) is 12.1 Å². The number of benzene rings is 2. The first-order valence-corrected chi connectivity index (χ1v) is 17.9. The predicted molar refractivity (Wildman–Crippen MR) is 184 cm³/mol. The number of likely N-dealkylation sites (tertiary alicyclic amines) is 2. The fraction of sp³-hybridized carbons (Fsp3) is 0.486. The zero-order chi connectivity index (χ0) is 35.3. The Morgan fingerprint density at radius 3 is 2.64 bits per heavy atom. The van der Waals surface area contributed by atoms with Gasteiger partial charge in [-0.15, -0.1) is 11.3 Å². The van der Waals surface area contributed by atoms with Gasteiger partial charge in [0.15, 0.2) is 5.82 Å². The third-order valence-corrected chi connectivity index (χ3v) is 12.4. The maximum absolute atomic E-state index is 17.1.